The van der Waals surface area contributed by atoms with Crippen molar-refractivity contribution in [1.29, 1.82) is 0 Å². The van der Waals surface area contributed by atoms with E-state index in [2.05, 4.69) is 0 Å². The summed E-state index contributed by atoms with van der Waals surface area (Å²) in [4.78, 5) is -0.0679. The van der Waals surface area contributed by atoms with Gasteiger partial charge in [-0.3, -0.25) is 0 Å². The van der Waals surface area contributed by atoms with Crippen LogP contribution in [0, 0.1) is 0 Å². The maximum atomic E-state index is 13.0. The van der Waals surface area contributed by atoms with Crippen molar-refractivity contribution in [3.05, 3.63) is 24.3 Å². The fourth-order valence-corrected chi connectivity index (χ4v) is 2.21. The summed E-state index contributed by atoms with van der Waals surface area (Å²) in [6.45, 7) is 2.05. The number of hydrogen-bond donors (Lipinski definition) is 0. The van der Waals surface area contributed by atoms with E-state index >= 15 is 0 Å². The highest BCUT2D eigenvalue weighted by molar-refractivity contribution is 7.91. The molecule has 0 aromatic heterocycles. The number of benzene rings is 1. The van der Waals surface area contributed by atoms with E-state index in [0.717, 1.165) is 6.92 Å². The first-order chi connectivity index (χ1) is 8.00. The minimum Gasteiger partial charge on any atom is -0.491 e. The second-order valence-electron chi connectivity index (χ2n) is 3.83. The lowest BCUT2D eigenvalue weighted by Crippen LogP contribution is -2.13. The van der Waals surface area contributed by atoms with Crippen LogP contribution < -0.4 is 4.74 Å². The van der Waals surface area contributed by atoms with Crippen LogP contribution in [0.15, 0.2) is 29.2 Å². The van der Waals surface area contributed by atoms with Gasteiger partial charge >= 0.3 is 0 Å². The summed E-state index contributed by atoms with van der Waals surface area (Å²) in [6, 6.07) is 5.84. The van der Waals surface area contributed by atoms with Gasteiger partial charge in [-0.2, -0.15) is 0 Å². The number of epoxide rings is 1. The zero-order valence-electron chi connectivity index (χ0n) is 9.30. The minimum absolute atomic E-state index is 0.0679. The van der Waals surface area contributed by atoms with Gasteiger partial charge in [0, 0.05) is 0 Å². The van der Waals surface area contributed by atoms with E-state index in [4.69, 9.17) is 9.47 Å². The summed E-state index contributed by atoms with van der Waals surface area (Å²) in [5, 5.41) is 0. The summed E-state index contributed by atoms with van der Waals surface area (Å²) in [7, 11) is -3.90. The predicted molar refractivity (Wildman–Crippen MR) is 59.4 cm³/mol. The standard InChI is InChI=1S/C11H13FO4S/c1-8(12)17(13,14)11-4-2-3-9(5-11)15-6-10-7-16-10/h2-5,8,10H,6-7H2,1H3/t8?,10-/m1/s1. The van der Waals surface area contributed by atoms with Crippen molar-refractivity contribution in [2.24, 2.45) is 0 Å². The van der Waals surface area contributed by atoms with Crippen LogP contribution in [0.3, 0.4) is 0 Å². The summed E-state index contributed by atoms with van der Waals surface area (Å²) < 4.78 is 46.4. The number of ether oxygens (including phenoxy) is 2. The molecule has 0 saturated carbocycles. The van der Waals surface area contributed by atoms with Crippen molar-refractivity contribution in [3.63, 3.8) is 0 Å². The first-order valence-corrected chi connectivity index (χ1v) is 6.77. The molecule has 0 spiro atoms. The lowest BCUT2D eigenvalue weighted by molar-refractivity contribution is 0.262. The normalized spacial score (nSPS) is 20.9. The van der Waals surface area contributed by atoms with Gasteiger partial charge in [0.2, 0.25) is 15.3 Å². The Hall–Kier alpha value is -1.14. The highest BCUT2D eigenvalue weighted by Crippen LogP contribution is 2.22. The number of alkyl halides is 1. The molecule has 0 bridgehead atoms. The summed E-state index contributed by atoms with van der Waals surface area (Å²) in [6.07, 6.45) is 0.0929. The minimum atomic E-state index is -3.90. The van der Waals surface area contributed by atoms with Gasteiger partial charge < -0.3 is 9.47 Å². The fraction of sp³-hybridized carbons (Fsp3) is 0.455. The Bertz CT molecular complexity index is 494. The van der Waals surface area contributed by atoms with Gasteiger partial charge in [-0.25, -0.2) is 12.8 Å². The zero-order valence-corrected chi connectivity index (χ0v) is 10.1. The van der Waals surface area contributed by atoms with E-state index in [1.165, 1.54) is 18.2 Å². The smallest absolute Gasteiger partial charge is 0.210 e. The van der Waals surface area contributed by atoms with E-state index in [1.54, 1.807) is 6.07 Å². The van der Waals surface area contributed by atoms with Gasteiger partial charge in [-0.05, 0) is 25.1 Å². The van der Waals surface area contributed by atoms with Crippen LogP contribution >= 0.6 is 0 Å². The fourth-order valence-electron chi connectivity index (χ4n) is 1.28. The Labute approximate surface area is 99.3 Å². The number of sulfone groups is 1. The van der Waals surface area contributed by atoms with Crippen LogP contribution in [0.1, 0.15) is 6.92 Å². The van der Waals surface area contributed by atoms with Gasteiger partial charge in [-0.1, -0.05) is 6.07 Å². The Morgan fingerprint density at radius 2 is 2.29 bits per heavy atom. The second kappa shape index (κ2) is 4.62. The predicted octanol–water partition coefficient (Wildman–Crippen LogP) is 1.55. The van der Waals surface area contributed by atoms with E-state index in [1.807, 2.05) is 0 Å². The molecule has 0 radical (unpaired) electrons. The van der Waals surface area contributed by atoms with Crippen LogP contribution in [0.25, 0.3) is 0 Å². The third-order valence-corrected chi connectivity index (χ3v) is 4.17. The summed E-state index contributed by atoms with van der Waals surface area (Å²) in [5.41, 5.74) is -1.93. The molecule has 6 heteroatoms. The molecular formula is C11H13FO4S. The average molecular weight is 260 g/mol. The number of halogens is 1. The van der Waals surface area contributed by atoms with Crippen LogP contribution in [0.5, 0.6) is 5.75 Å². The van der Waals surface area contributed by atoms with Crippen molar-refractivity contribution in [1.82, 2.24) is 0 Å². The first kappa shape index (κ1) is 12.3. The number of hydrogen-bond acceptors (Lipinski definition) is 4. The van der Waals surface area contributed by atoms with Gasteiger partial charge in [0.05, 0.1) is 11.5 Å². The van der Waals surface area contributed by atoms with Crippen LogP contribution in [-0.2, 0) is 14.6 Å². The third kappa shape index (κ3) is 2.95. The molecule has 1 aliphatic rings. The lowest BCUT2D eigenvalue weighted by atomic mass is 10.3. The van der Waals surface area contributed by atoms with Crippen molar-refractivity contribution in [3.8, 4) is 5.75 Å². The molecule has 0 amide bonds. The molecule has 4 nitrogen and oxygen atoms in total. The molecule has 1 aromatic carbocycles. The van der Waals surface area contributed by atoms with E-state index < -0.39 is 15.3 Å². The molecule has 1 unspecified atom stereocenters. The first-order valence-electron chi connectivity index (χ1n) is 5.22. The van der Waals surface area contributed by atoms with E-state index in [0.29, 0.717) is 19.0 Å². The molecule has 94 valence electrons. The van der Waals surface area contributed by atoms with Crippen molar-refractivity contribution in [2.75, 3.05) is 13.2 Å². The highest BCUT2D eigenvalue weighted by atomic mass is 32.2. The molecule has 1 heterocycles. The molecular weight excluding hydrogens is 247 g/mol. The zero-order chi connectivity index (χ0) is 12.5. The molecule has 0 N–H and O–H groups in total. The van der Waals surface area contributed by atoms with Gasteiger partial charge in [0.25, 0.3) is 0 Å². The van der Waals surface area contributed by atoms with Crippen molar-refractivity contribution < 1.29 is 22.3 Å². The van der Waals surface area contributed by atoms with Gasteiger partial charge in [-0.15, -0.1) is 0 Å². The molecule has 2 atom stereocenters. The molecule has 1 saturated heterocycles. The van der Waals surface area contributed by atoms with Gasteiger partial charge in [0.1, 0.15) is 18.5 Å². The molecule has 0 aliphatic carbocycles. The third-order valence-electron chi connectivity index (χ3n) is 2.40. The Kier molecular flexibility index (Phi) is 3.35. The average Bonchev–Trinajstić information content (AvgIpc) is 3.10. The Morgan fingerprint density at radius 1 is 1.59 bits per heavy atom. The Balaban J connectivity index is 2.15. The lowest BCUT2D eigenvalue weighted by Gasteiger charge is -2.08. The maximum absolute atomic E-state index is 13.0. The molecule has 2 rings (SSSR count). The quantitative estimate of drug-likeness (QED) is 0.754. The molecule has 1 aromatic rings. The second-order valence-corrected chi connectivity index (χ2v) is 6.04. The van der Waals surface area contributed by atoms with Gasteiger partial charge in [0.15, 0.2) is 0 Å². The maximum Gasteiger partial charge on any atom is 0.210 e. The molecule has 1 fully saturated rings. The summed E-state index contributed by atoms with van der Waals surface area (Å²) >= 11 is 0. The Morgan fingerprint density at radius 3 is 2.88 bits per heavy atom. The van der Waals surface area contributed by atoms with Crippen molar-refractivity contribution >= 4 is 9.84 Å². The van der Waals surface area contributed by atoms with E-state index in [9.17, 15) is 12.8 Å². The molecule has 1 aliphatic heterocycles. The van der Waals surface area contributed by atoms with E-state index in [-0.39, 0.29) is 11.0 Å². The monoisotopic (exact) mass is 260 g/mol. The summed E-state index contributed by atoms with van der Waals surface area (Å²) in [5.74, 6) is 0.405. The van der Waals surface area contributed by atoms with Crippen LogP contribution in [0.4, 0.5) is 4.39 Å². The molecule has 17 heavy (non-hydrogen) atoms. The van der Waals surface area contributed by atoms with Crippen LogP contribution in [-0.4, -0.2) is 33.2 Å². The SMILES string of the molecule is CC(F)S(=O)(=O)c1cccc(OC[C@@H]2CO2)c1. The van der Waals surface area contributed by atoms with Crippen molar-refractivity contribution in [2.45, 2.75) is 23.4 Å². The highest BCUT2D eigenvalue weighted by Gasteiger charge is 2.25. The largest absolute Gasteiger partial charge is 0.491 e. The van der Waals surface area contributed by atoms with Crippen LogP contribution in [0.2, 0.25) is 0 Å². The number of rotatable bonds is 5. The topological polar surface area (TPSA) is 55.9 Å².